The third-order valence-corrected chi connectivity index (χ3v) is 5.35. The Bertz CT molecular complexity index is 430. The Hall–Kier alpha value is -0.180. The van der Waals surface area contributed by atoms with Crippen LogP contribution in [0.5, 0.6) is 0 Å². The molecular weight excluding hydrogens is 264 g/mol. The summed E-state index contributed by atoms with van der Waals surface area (Å²) in [6.07, 6.45) is 2.13. The number of hydrogen-bond donors (Lipinski definition) is 2. The summed E-state index contributed by atoms with van der Waals surface area (Å²) in [5.74, 6) is -0.781. The van der Waals surface area contributed by atoms with Crippen LogP contribution in [0.1, 0.15) is 26.7 Å². The molecule has 0 saturated heterocycles. The smallest absolute Gasteiger partial charge is 0.213 e. The van der Waals surface area contributed by atoms with E-state index in [1.165, 1.54) is 0 Å². The summed E-state index contributed by atoms with van der Waals surface area (Å²) < 4.78 is 47.8. The van der Waals surface area contributed by atoms with E-state index >= 15 is 0 Å². The fourth-order valence-electron chi connectivity index (χ4n) is 1.31. The van der Waals surface area contributed by atoms with E-state index in [2.05, 4.69) is 4.72 Å². The molecule has 0 aromatic carbocycles. The van der Waals surface area contributed by atoms with Gasteiger partial charge in [-0.1, -0.05) is 6.92 Å². The lowest BCUT2D eigenvalue weighted by atomic mass is 9.96. The average molecular weight is 286 g/mol. The van der Waals surface area contributed by atoms with E-state index < -0.39 is 31.2 Å². The van der Waals surface area contributed by atoms with Gasteiger partial charge in [0.05, 0.1) is 11.5 Å². The number of sulfonamides is 1. The van der Waals surface area contributed by atoms with Crippen molar-refractivity contribution >= 4 is 19.9 Å². The molecule has 8 heteroatoms. The molecule has 104 valence electrons. The summed E-state index contributed by atoms with van der Waals surface area (Å²) in [6, 6.07) is 0. The maximum atomic E-state index is 11.7. The van der Waals surface area contributed by atoms with Gasteiger partial charge in [0.1, 0.15) is 9.84 Å². The third-order valence-electron chi connectivity index (χ3n) is 2.60. The SMILES string of the molecule is CCC(C)(CCN)NS(=O)(=O)CCS(C)(=O)=O. The molecule has 0 spiro atoms. The summed E-state index contributed by atoms with van der Waals surface area (Å²) >= 11 is 0. The zero-order valence-electron chi connectivity index (χ0n) is 10.6. The summed E-state index contributed by atoms with van der Waals surface area (Å²) in [4.78, 5) is 0. The van der Waals surface area contributed by atoms with E-state index in [0.717, 1.165) is 6.26 Å². The van der Waals surface area contributed by atoms with E-state index in [9.17, 15) is 16.8 Å². The van der Waals surface area contributed by atoms with Gasteiger partial charge in [-0.05, 0) is 26.3 Å². The van der Waals surface area contributed by atoms with Crippen LogP contribution in [-0.4, -0.2) is 46.7 Å². The highest BCUT2D eigenvalue weighted by Crippen LogP contribution is 2.15. The van der Waals surface area contributed by atoms with Gasteiger partial charge in [0.25, 0.3) is 0 Å². The lowest BCUT2D eigenvalue weighted by Gasteiger charge is -2.28. The van der Waals surface area contributed by atoms with E-state index in [0.29, 0.717) is 19.4 Å². The first-order valence-corrected chi connectivity index (χ1v) is 9.14. The molecule has 0 heterocycles. The minimum absolute atomic E-state index is 0.370. The lowest BCUT2D eigenvalue weighted by Crippen LogP contribution is -2.48. The second-order valence-corrected chi connectivity index (χ2v) is 8.61. The molecule has 0 aliphatic carbocycles. The van der Waals surface area contributed by atoms with Crippen LogP contribution in [0.3, 0.4) is 0 Å². The predicted octanol–water partition coefficient (Wildman–Crippen LogP) is -0.532. The Balaban J connectivity index is 4.63. The Kier molecular flexibility index (Phi) is 6.06. The normalized spacial score (nSPS) is 16.7. The van der Waals surface area contributed by atoms with Gasteiger partial charge in [0.15, 0.2) is 0 Å². The molecule has 6 nitrogen and oxygen atoms in total. The van der Waals surface area contributed by atoms with Crippen molar-refractivity contribution in [1.29, 1.82) is 0 Å². The van der Waals surface area contributed by atoms with Crippen LogP contribution in [0, 0.1) is 0 Å². The monoisotopic (exact) mass is 286 g/mol. The largest absolute Gasteiger partial charge is 0.330 e. The first kappa shape index (κ1) is 16.8. The predicted molar refractivity (Wildman–Crippen MR) is 69.0 cm³/mol. The van der Waals surface area contributed by atoms with Crippen molar-refractivity contribution in [2.24, 2.45) is 5.73 Å². The Morgan fingerprint density at radius 1 is 1.18 bits per heavy atom. The summed E-state index contributed by atoms with van der Waals surface area (Å²) in [7, 11) is -6.87. The Labute approximate surface area is 104 Å². The maximum absolute atomic E-state index is 11.7. The summed E-state index contributed by atoms with van der Waals surface area (Å²) in [6.45, 7) is 3.99. The molecule has 0 saturated carbocycles. The van der Waals surface area contributed by atoms with Crippen LogP contribution in [0.4, 0.5) is 0 Å². The van der Waals surface area contributed by atoms with Gasteiger partial charge in [-0.2, -0.15) is 0 Å². The van der Waals surface area contributed by atoms with Gasteiger partial charge >= 0.3 is 0 Å². The summed E-state index contributed by atoms with van der Waals surface area (Å²) in [5.41, 5.74) is 4.82. The van der Waals surface area contributed by atoms with Crippen molar-refractivity contribution in [2.75, 3.05) is 24.3 Å². The molecule has 0 radical (unpaired) electrons. The van der Waals surface area contributed by atoms with Crippen LogP contribution < -0.4 is 10.5 Å². The molecule has 0 rings (SSSR count). The van der Waals surface area contributed by atoms with E-state index in [1.807, 2.05) is 6.92 Å². The molecule has 0 aliphatic heterocycles. The zero-order chi connectivity index (χ0) is 13.7. The van der Waals surface area contributed by atoms with Crippen molar-refractivity contribution in [3.63, 3.8) is 0 Å². The van der Waals surface area contributed by atoms with Crippen molar-refractivity contribution in [1.82, 2.24) is 4.72 Å². The molecule has 17 heavy (non-hydrogen) atoms. The molecule has 0 fully saturated rings. The van der Waals surface area contributed by atoms with Gasteiger partial charge < -0.3 is 5.73 Å². The Morgan fingerprint density at radius 3 is 2.06 bits per heavy atom. The maximum Gasteiger partial charge on any atom is 0.213 e. The molecular formula is C9H22N2O4S2. The van der Waals surface area contributed by atoms with Crippen molar-refractivity contribution < 1.29 is 16.8 Å². The highest BCUT2D eigenvalue weighted by Gasteiger charge is 2.27. The number of nitrogens with one attached hydrogen (secondary N) is 1. The highest BCUT2D eigenvalue weighted by atomic mass is 32.2. The zero-order valence-corrected chi connectivity index (χ0v) is 12.2. The van der Waals surface area contributed by atoms with Crippen LogP contribution >= 0.6 is 0 Å². The first-order chi connectivity index (χ1) is 7.54. The van der Waals surface area contributed by atoms with Gasteiger partial charge in [-0.15, -0.1) is 0 Å². The molecule has 0 aromatic rings. The van der Waals surface area contributed by atoms with Gasteiger partial charge in [-0.25, -0.2) is 21.6 Å². The topological polar surface area (TPSA) is 106 Å². The third kappa shape index (κ3) is 7.69. The van der Waals surface area contributed by atoms with Crippen LogP contribution in [0.15, 0.2) is 0 Å². The standard InChI is InChI=1S/C9H22N2O4S2/c1-4-9(2,5-6-10)11-17(14,15)8-7-16(3,12)13/h11H,4-8,10H2,1-3H3. The van der Waals surface area contributed by atoms with E-state index in [-0.39, 0.29) is 5.75 Å². The van der Waals surface area contributed by atoms with Crippen LogP contribution in [0.25, 0.3) is 0 Å². The molecule has 1 unspecified atom stereocenters. The minimum atomic E-state index is -3.59. The van der Waals surface area contributed by atoms with Gasteiger partial charge in [0, 0.05) is 11.8 Å². The van der Waals surface area contributed by atoms with Crippen LogP contribution in [-0.2, 0) is 19.9 Å². The van der Waals surface area contributed by atoms with Gasteiger partial charge in [0.2, 0.25) is 10.0 Å². The Morgan fingerprint density at radius 2 is 1.71 bits per heavy atom. The minimum Gasteiger partial charge on any atom is -0.330 e. The molecule has 0 amide bonds. The highest BCUT2D eigenvalue weighted by molar-refractivity contribution is 7.93. The summed E-state index contributed by atoms with van der Waals surface area (Å²) in [5, 5.41) is 0. The number of sulfone groups is 1. The quantitative estimate of drug-likeness (QED) is 0.624. The fourth-order valence-corrected chi connectivity index (χ4v) is 4.49. The van der Waals surface area contributed by atoms with E-state index in [4.69, 9.17) is 5.73 Å². The lowest BCUT2D eigenvalue weighted by molar-refractivity contribution is 0.379. The molecule has 3 N–H and O–H groups in total. The number of hydrogen-bond acceptors (Lipinski definition) is 5. The molecule has 0 aromatic heterocycles. The van der Waals surface area contributed by atoms with Crippen LogP contribution in [0.2, 0.25) is 0 Å². The number of nitrogens with two attached hydrogens (primary N) is 1. The molecule has 1 atom stereocenters. The van der Waals surface area contributed by atoms with Crippen molar-refractivity contribution in [3.05, 3.63) is 0 Å². The van der Waals surface area contributed by atoms with Crippen molar-refractivity contribution in [2.45, 2.75) is 32.2 Å². The molecule has 0 bridgehead atoms. The van der Waals surface area contributed by atoms with E-state index in [1.54, 1.807) is 6.92 Å². The second kappa shape index (κ2) is 6.12. The average Bonchev–Trinajstić information content (AvgIpc) is 2.14. The second-order valence-electron chi connectivity index (χ2n) is 4.50. The fraction of sp³-hybridized carbons (Fsp3) is 1.00. The van der Waals surface area contributed by atoms with Crippen molar-refractivity contribution in [3.8, 4) is 0 Å². The van der Waals surface area contributed by atoms with Gasteiger partial charge in [-0.3, -0.25) is 0 Å². The number of rotatable bonds is 8. The first-order valence-electron chi connectivity index (χ1n) is 5.43. The molecule has 0 aliphatic rings.